The predicted molar refractivity (Wildman–Crippen MR) is 95.7 cm³/mol. The first kappa shape index (κ1) is 16.6. The van der Waals surface area contributed by atoms with Crippen molar-refractivity contribution in [1.82, 2.24) is 14.0 Å². The maximum absolute atomic E-state index is 12.5. The Labute approximate surface area is 143 Å². The molecule has 0 radical (unpaired) electrons. The molecule has 1 fully saturated rings. The Hall–Kier alpha value is -2.28. The van der Waals surface area contributed by atoms with Crippen LogP contribution in [0, 0.1) is 0 Å². The molecule has 1 saturated heterocycles. The lowest BCUT2D eigenvalue weighted by atomic mass is 10.1. The van der Waals surface area contributed by atoms with Crippen molar-refractivity contribution in [3.8, 4) is 0 Å². The van der Waals surface area contributed by atoms with Crippen LogP contribution in [0.25, 0.3) is 17.1 Å². The summed E-state index contributed by atoms with van der Waals surface area (Å²) in [7, 11) is 3.44. The standard InChI is InChI=1S/C17H19N3O3S/c1-5-10(2)20-15(21)14(24-17(20)23)9-11-6-7-12-13(8-11)19(4)16(22)18(12)3/h6-10H,5H2,1-4H3/b14-9-. The summed E-state index contributed by atoms with van der Waals surface area (Å²) < 4.78 is 3.15. The number of rotatable bonds is 3. The number of carbonyl (C=O) groups excluding carboxylic acids is 2. The molecule has 0 saturated carbocycles. The first-order valence-corrected chi connectivity index (χ1v) is 8.59. The van der Waals surface area contributed by atoms with Gasteiger partial charge < -0.3 is 0 Å². The molecule has 1 unspecified atom stereocenters. The largest absolute Gasteiger partial charge is 0.328 e. The number of carbonyl (C=O) groups is 2. The zero-order valence-corrected chi connectivity index (χ0v) is 14.9. The van der Waals surface area contributed by atoms with E-state index >= 15 is 0 Å². The second kappa shape index (κ2) is 5.98. The number of imidazole rings is 1. The van der Waals surface area contributed by atoms with Crippen molar-refractivity contribution in [3.05, 3.63) is 39.2 Å². The summed E-state index contributed by atoms with van der Waals surface area (Å²) in [5, 5.41) is -0.228. The molecule has 1 aromatic heterocycles. The third-order valence-corrected chi connectivity index (χ3v) is 5.33. The molecular formula is C17H19N3O3S. The third-order valence-electron chi connectivity index (χ3n) is 4.45. The minimum absolute atomic E-state index is 0.0979. The molecule has 24 heavy (non-hydrogen) atoms. The van der Waals surface area contributed by atoms with Crippen LogP contribution in [0.3, 0.4) is 0 Å². The summed E-state index contributed by atoms with van der Waals surface area (Å²) in [5.74, 6) is -0.249. The molecule has 126 valence electrons. The molecule has 1 aromatic carbocycles. The van der Waals surface area contributed by atoms with Crippen LogP contribution in [-0.2, 0) is 18.9 Å². The molecule has 2 aromatic rings. The van der Waals surface area contributed by atoms with Crippen LogP contribution in [-0.4, -0.2) is 31.2 Å². The first-order valence-electron chi connectivity index (χ1n) is 7.77. The molecular weight excluding hydrogens is 326 g/mol. The third kappa shape index (κ3) is 2.49. The molecule has 0 spiro atoms. The summed E-state index contributed by atoms with van der Waals surface area (Å²) >= 11 is 0.963. The van der Waals surface area contributed by atoms with Gasteiger partial charge in [0.25, 0.3) is 11.1 Å². The Morgan fingerprint density at radius 3 is 2.46 bits per heavy atom. The number of imide groups is 1. The van der Waals surface area contributed by atoms with Crippen LogP contribution >= 0.6 is 11.8 Å². The molecule has 2 heterocycles. The lowest BCUT2D eigenvalue weighted by Crippen LogP contribution is -2.36. The molecule has 2 amide bonds. The van der Waals surface area contributed by atoms with E-state index in [0.717, 1.165) is 34.8 Å². The van der Waals surface area contributed by atoms with Crippen LogP contribution in [0.15, 0.2) is 27.9 Å². The van der Waals surface area contributed by atoms with E-state index in [4.69, 9.17) is 0 Å². The van der Waals surface area contributed by atoms with Gasteiger partial charge in [0.15, 0.2) is 0 Å². The molecule has 7 heteroatoms. The Morgan fingerprint density at radius 1 is 1.12 bits per heavy atom. The summed E-state index contributed by atoms with van der Waals surface area (Å²) in [6.45, 7) is 3.81. The van der Waals surface area contributed by atoms with Crippen LogP contribution in [0.5, 0.6) is 0 Å². The highest BCUT2D eigenvalue weighted by atomic mass is 32.2. The molecule has 1 aliphatic rings. The van der Waals surface area contributed by atoms with Crippen LogP contribution < -0.4 is 5.69 Å². The van der Waals surface area contributed by atoms with E-state index in [9.17, 15) is 14.4 Å². The topological polar surface area (TPSA) is 64.3 Å². The summed E-state index contributed by atoms with van der Waals surface area (Å²) in [6, 6.07) is 5.44. The molecule has 1 aliphatic heterocycles. The van der Waals surface area contributed by atoms with Crippen LogP contribution in [0.1, 0.15) is 25.8 Å². The maximum Gasteiger partial charge on any atom is 0.328 e. The highest BCUT2D eigenvalue weighted by molar-refractivity contribution is 8.18. The fourth-order valence-corrected chi connectivity index (χ4v) is 3.74. The number of hydrogen-bond donors (Lipinski definition) is 0. The van der Waals surface area contributed by atoms with Gasteiger partial charge in [-0.05, 0) is 48.9 Å². The highest BCUT2D eigenvalue weighted by Gasteiger charge is 2.37. The van der Waals surface area contributed by atoms with Gasteiger partial charge in [0.2, 0.25) is 0 Å². The van der Waals surface area contributed by atoms with Crippen molar-refractivity contribution >= 4 is 40.0 Å². The van der Waals surface area contributed by atoms with Gasteiger partial charge in [-0.25, -0.2) is 4.79 Å². The van der Waals surface area contributed by atoms with Gasteiger partial charge in [-0.1, -0.05) is 13.0 Å². The number of aryl methyl sites for hydroxylation is 2. The average Bonchev–Trinajstić information content (AvgIpc) is 2.96. The van der Waals surface area contributed by atoms with Crippen molar-refractivity contribution in [2.45, 2.75) is 26.3 Å². The molecule has 1 atom stereocenters. The van der Waals surface area contributed by atoms with Gasteiger partial charge in [0.1, 0.15) is 0 Å². The molecule has 0 bridgehead atoms. The fourth-order valence-electron chi connectivity index (χ4n) is 2.81. The molecule has 3 rings (SSSR count). The molecule has 0 N–H and O–H groups in total. The van der Waals surface area contributed by atoms with E-state index in [2.05, 4.69) is 0 Å². The van der Waals surface area contributed by atoms with Crippen LogP contribution in [0.4, 0.5) is 4.79 Å². The number of fused-ring (bicyclic) bond motifs is 1. The zero-order chi connectivity index (χ0) is 17.6. The minimum atomic E-state index is -0.249. The number of hydrogen-bond acceptors (Lipinski definition) is 4. The Kier molecular flexibility index (Phi) is 4.13. The Morgan fingerprint density at radius 2 is 1.79 bits per heavy atom. The SMILES string of the molecule is CCC(C)N1C(=O)S/C(=C\c2ccc3c(c2)n(C)c(=O)n3C)C1=O. The fraction of sp³-hybridized carbons (Fsp3) is 0.353. The van der Waals surface area contributed by atoms with Gasteiger partial charge in [0.05, 0.1) is 15.9 Å². The lowest BCUT2D eigenvalue weighted by molar-refractivity contribution is -0.124. The zero-order valence-electron chi connectivity index (χ0n) is 14.1. The van der Waals surface area contributed by atoms with Gasteiger partial charge in [-0.2, -0.15) is 0 Å². The summed E-state index contributed by atoms with van der Waals surface area (Å²) in [6.07, 6.45) is 2.44. The molecule has 6 nitrogen and oxygen atoms in total. The quantitative estimate of drug-likeness (QED) is 0.803. The Balaban J connectivity index is 2.02. The Bertz CT molecular complexity index is 938. The van der Waals surface area contributed by atoms with Gasteiger partial charge in [0, 0.05) is 20.1 Å². The minimum Gasteiger partial charge on any atom is -0.295 e. The van der Waals surface area contributed by atoms with Crippen molar-refractivity contribution in [3.63, 3.8) is 0 Å². The summed E-state index contributed by atoms with van der Waals surface area (Å²) in [5.41, 5.74) is 2.31. The normalized spacial score (nSPS) is 18.2. The van der Waals surface area contributed by atoms with Crippen LogP contribution in [0.2, 0.25) is 0 Å². The van der Waals surface area contributed by atoms with E-state index in [-0.39, 0.29) is 22.9 Å². The first-order chi connectivity index (χ1) is 11.3. The lowest BCUT2D eigenvalue weighted by Gasteiger charge is -2.19. The number of thioether (sulfide) groups is 1. The van der Waals surface area contributed by atoms with Gasteiger partial charge in [-0.3, -0.25) is 23.6 Å². The predicted octanol–water partition coefficient (Wildman–Crippen LogP) is 2.71. The average molecular weight is 345 g/mol. The maximum atomic E-state index is 12.5. The highest BCUT2D eigenvalue weighted by Crippen LogP contribution is 2.34. The van der Waals surface area contributed by atoms with Gasteiger partial charge in [-0.15, -0.1) is 0 Å². The summed E-state index contributed by atoms with van der Waals surface area (Å²) in [4.78, 5) is 38.3. The van der Waals surface area contributed by atoms with Crippen molar-refractivity contribution < 1.29 is 9.59 Å². The number of benzene rings is 1. The van der Waals surface area contributed by atoms with E-state index < -0.39 is 0 Å². The smallest absolute Gasteiger partial charge is 0.295 e. The van der Waals surface area contributed by atoms with E-state index in [0.29, 0.717) is 4.91 Å². The van der Waals surface area contributed by atoms with E-state index in [1.165, 1.54) is 4.90 Å². The number of aromatic nitrogens is 2. The second-order valence-electron chi connectivity index (χ2n) is 5.96. The molecule has 0 aliphatic carbocycles. The van der Waals surface area contributed by atoms with Gasteiger partial charge >= 0.3 is 5.69 Å². The van der Waals surface area contributed by atoms with Crippen molar-refractivity contribution in [1.29, 1.82) is 0 Å². The monoisotopic (exact) mass is 345 g/mol. The van der Waals surface area contributed by atoms with Crippen molar-refractivity contribution in [2.75, 3.05) is 0 Å². The second-order valence-corrected chi connectivity index (χ2v) is 6.95. The van der Waals surface area contributed by atoms with Crippen molar-refractivity contribution in [2.24, 2.45) is 14.1 Å². The van der Waals surface area contributed by atoms with E-state index in [1.807, 2.05) is 32.0 Å². The number of amides is 2. The number of nitrogens with zero attached hydrogens (tertiary/aromatic N) is 3. The van der Waals surface area contributed by atoms with E-state index in [1.54, 1.807) is 29.3 Å².